The number of carboxylic acids is 1. The van der Waals surface area contributed by atoms with Gasteiger partial charge in [-0.2, -0.15) is 13.2 Å². The van der Waals surface area contributed by atoms with Crippen LogP contribution in [0.15, 0.2) is 97.1 Å². The second-order valence-electron chi connectivity index (χ2n) is 9.15. The van der Waals surface area contributed by atoms with Crippen LogP contribution in [0.5, 0.6) is 0 Å². The van der Waals surface area contributed by atoms with Gasteiger partial charge in [0.15, 0.2) is 5.78 Å². The summed E-state index contributed by atoms with van der Waals surface area (Å²) in [6.07, 6.45) is -3.01. The fourth-order valence-corrected chi connectivity index (χ4v) is 4.53. The number of carbonyl (C=O) groups is 2. The molecule has 0 saturated heterocycles. The highest BCUT2D eigenvalue weighted by molar-refractivity contribution is 5.96. The number of carboxylic acid groups (broad SMARTS) is 1. The minimum absolute atomic E-state index is 0.0576. The Balaban J connectivity index is 0.000000181. The third kappa shape index (κ3) is 6.91. The summed E-state index contributed by atoms with van der Waals surface area (Å²) in [5.41, 5.74) is 10.0. The Kier molecular flexibility index (Phi) is 8.46. The lowest BCUT2D eigenvalue weighted by Gasteiger charge is -2.26. The molecule has 0 aromatic heterocycles. The molecule has 5 nitrogen and oxygen atoms in total. The Hall–Kier alpha value is -4.43. The number of hydrogen-bond acceptors (Lipinski definition) is 4. The van der Waals surface area contributed by atoms with Crippen molar-refractivity contribution in [3.8, 4) is 11.1 Å². The minimum atomic E-state index is -4.40. The molecule has 0 aliphatic carbocycles. The van der Waals surface area contributed by atoms with E-state index in [0.29, 0.717) is 17.5 Å². The molecule has 0 spiro atoms. The number of hydrogen-bond donors (Lipinski definition) is 3. The average Bonchev–Trinajstić information content (AvgIpc) is 2.93. The van der Waals surface area contributed by atoms with Crippen molar-refractivity contribution in [2.75, 3.05) is 12.3 Å². The number of nitrogen functional groups attached to an aromatic ring is 1. The zero-order valence-electron chi connectivity index (χ0n) is 20.9. The van der Waals surface area contributed by atoms with E-state index in [1.807, 2.05) is 48.5 Å². The molecule has 8 heteroatoms. The maximum Gasteiger partial charge on any atom is 0.416 e. The number of halogens is 3. The Morgan fingerprint density at radius 1 is 0.897 bits per heavy atom. The molecule has 0 bridgehead atoms. The van der Waals surface area contributed by atoms with Crippen LogP contribution >= 0.6 is 0 Å². The van der Waals surface area contributed by atoms with Gasteiger partial charge in [0.1, 0.15) is 0 Å². The molecule has 1 aliphatic heterocycles. The summed E-state index contributed by atoms with van der Waals surface area (Å²) in [5.74, 6) is -0.905. The zero-order chi connectivity index (χ0) is 28.0. The highest BCUT2D eigenvalue weighted by atomic mass is 19.4. The van der Waals surface area contributed by atoms with E-state index in [1.54, 1.807) is 18.2 Å². The molecule has 1 unspecified atom stereocenters. The number of anilines is 1. The third-order valence-corrected chi connectivity index (χ3v) is 6.44. The smallest absolute Gasteiger partial charge is 0.416 e. The fourth-order valence-electron chi connectivity index (χ4n) is 4.53. The van der Waals surface area contributed by atoms with Crippen molar-refractivity contribution in [2.45, 2.75) is 25.1 Å². The molecule has 0 amide bonds. The third-order valence-electron chi connectivity index (χ3n) is 6.44. The number of carbonyl (C=O) groups excluding carboxylic acids is 1. The second-order valence-corrected chi connectivity index (χ2v) is 9.15. The molecule has 1 aliphatic rings. The van der Waals surface area contributed by atoms with Crippen molar-refractivity contribution in [1.29, 1.82) is 0 Å². The van der Waals surface area contributed by atoms with Gasteiger partial charge in [0.25, 0.3) is 0 Å². The molecule has 0 fully saturated rings. The molecule has 4 N–H and O–H groups in total. The van der Waals surface area contributed by atoms with Crippen molar-refractivity contribution in [3.05, 3.63) is 125 Å². The Morgan fingerprint density at radius 2 is 1.56 bits per heavy atom. The van der Waals surface area contributed by atoms with Gasteiger partial charge in [-0.25, -0.2) is 4.79 Å². The van der Waals surface area contributed by atoms with E-state index >= 15 is 0 Å². The van der Waals surface area contributed by atoms with Crippen LogP contribution in [0.3, 0.4) is 0 Å². The number of Topliss-reactive ketones (excluding diaryl/α,β-unsaturated/α-hetero) is 1. The number of aromatic carboxylic acids is 1. The summed E-state index contributed by atoms with van der Waals surface area (Å²) in [6, 6.07) is 26.1. The van der Waals surface area contributed by atoms with Crippen molar-refractivity contribution < 1.29 is 27.9 Å². The number of nitrogens with one attached hydrogen (secondary N) is 1. The van der Waals surface area contributed by atoms with E-state index < -0.39 is 17.7 Å². The topological polar surface area (TPSA) is 92.4 Å². The summed E-state index contributed by atoms with van der Waals surface area (Å²) in [6.45, 7) is 0.821. The molecule has 0 radical (unpaired) electrons. The summed E-state index contributed by atoms with van der Waals surface area (Å²) in [4.78, 5) is 23.6. The van der Waals surface area contributed by atoms with Crippen molar-refractivity contribution >= 4 is 17.4 Å². The quantitative estimate of drug-likeness (QED) is 0.261. The SMILES string of the molecule is Nc1ccc2c(c1)CCNC2C(=O)Cc1ccccc1.O=C(O)c1ccccc1-c1ccc(C(F)(F)F)cc1. The summed E-state index contributed by atoms with van der Waals surface area (Å²) in [7, 11) is 0. The van der Waals surface area contributed by atoms with Crippen LogP contribution in [-0.4, -0.2) is 23.4 Å². The lowest BCUT2D eigenvalue weighted by atomic mass is 9.89. The number of fused-ring (bicyclic) bond motifs is 1. The largest absolute Gasteiger partial charge is 0.478 e. The summed E-state index contributed by atoms with van der Waals surface area (Å²) < 4.78 is 37.3. The normalized spacial score (nSPS) is 14.5. The van der Waals surface area contributed by atoms with E-state index in [4.69, 9.17) is 10.8 Å². The van der Waals surface area contributed by atoms with Gasteiger partial charge in [-0.05, 0) is 64.6 Å². The molecule has 39 heavy (non-hydrogen) atoms. The van der Waals surface area contributed by atoms with Crippen molar-refractivity contribution in [2.24, 2.45) is 0 Å². The Morgan fingerprint density at radius 3 is 2.23 bits per heavy atom. The molecule has 4 aromatic rings. The molecule has 1 heterocycles. The minimum Gasteiger partial charge on any atom is -0.478 e. The molecule has 0 saturated carbocycles. The van der Waals surface area contributed by atoms with Gasteiger partial charge in [-0.15, -0.1) is 0 Å². The van der Waals surface area contributed by atoms with Crippen LogP contribution < -0.4 is 11.1 Å². The van der Waals surface area contributed by atoms with Gasteiger partial charge in [0.2, 0.25) is 0 Å². The van der Waals surface area contributed by atoms with Gasteiger partial charge >= 0.3 is 12.1 Å². The van der Waals surface area contributed by atoms with Crippen LogP contribution in [0.1, 0.15) is 38.7 Å². The first-order valence-electron chi connectivity index (χ1n) is 12.3. The molecular weight excluding hydrogens is 505 g/mol. The number of alkyl halides is 3. The van der Waals surface area contributed by atoms with Crippen LogP contribution in [-0.2, 0) is 23.8 Å². The average molecular weight is 533 g/mol. The van der Waals surface area contributed by atoms with Crippen LogP contribution in [0, 0.1) is 0 Å². The van der Waals surface area contributed by atoms with Gasteiger partial charge < -0.3 is 16.2 Å². The van der Waals surface area contributed by atoms with Crippen LogP contribution in [0.4, 0.5) is 18.9 Å². The zero-order valence-corrected chi connectivity index (χ0v) is 20.9. The first-order valence-corrected chi connectivity index (χ1v) is 12.3. The van der Waals surface area contributed by atoms with Gasteiger partial charge in [0, 0.05) is 18.7 Å². The van der Waals surface area contributed by atoms with E-state index in [-0.39, 0.29) is 17.4 Å². The number of rotatable bonds is 5. The lowest BCUT2D eigenvalue weighted by molar-refractivity contribution is -0.137. The predicted octanol–water partition coefficient (Wildman–Crippen LogP) is 6.34. The maximum absolute atomic E-state index is 12.5. The Bertz CT molecular complexity index is 1450. The lowest BCUT2D eigenvalue weighted by Crippen LogP contribution is -2.36. The highest BCUT2D eigenvalue weighted by Gasteiger charge is 2.30. The summed E-state index contributed by atoms with van der Waals surface area (Å²) >= 11 is 0. The fraction of sp³-hybridized carbons (Fsp3) is 0.161. The first kappa shape index (κ1) is 27.6. The molecule has 4 aromatic carbocycles. The number of nitrogens with two attached hydrogens (primary N) is 1. The van der Waals surface area contributed by atoms with E-state index in [0.717, 1.165) is 41.9 Å². The molecule has 200 valence electrons. The first-order chi connectivity index (χ1) is 18.6. The standard InChI is InChI=1S/C17H18N2O.C14H9F3O2/c18-14-6-7-15-13(11-14)8-9-19-17(15)16(20)10-12-4-2-1-3-5-12;15-14(16,17)10-7-5-9(6-8-10)11-3-1-2-4-12(11)13(18)19/h1-7,11,17,19H,8-10,18H2;1-8H,(H,18,19). The van der Waals surface area contributed by atoms with E-state index in [9.17, 15) is 22.8 Å². The summed E-state index contributed by atoms with van der Waals surface area (Å²) in [5, 5.41) is 12.4. The highest BCUT2D eigenvalue weighted by Crippen LogP contribution is 2.32. The number of ketones is 1. The van der Waals surface area contributed by atoms with Crippen molar-refractivity contribution in [1.82, 2.24) is 5.32 Å². The van der Waals surface area contributed by atoms with Crippen LogP contribution in [0.2, 0.25) is 0 Å². The number of benzene rings is 4. The van der Waals surface area contributed by atoms with Gasteiger partial charge in [0.05, 0.1) is 17.2 Å². The van der Waals surface area contributed by atoms with Gasteiger partial charge in [-0.3, -0.25) is 4.79 Å². The molecular formula is C31H27F3N2O3. The second kappa shape index (κ2) is 12.0. The van der Waals surface area contributed by atoms with Gasteiger partial charge in [-0.1, -0.05) is 66.7 Å². The maximum atomic E-state index is 12.5. The van der Waals surface area contributed by atoms with E-state index in [1.165, 1.54) is 23.8 Å². The Labute approximate surface area is 224 Å². The van der Waals surface area contributed by atoms with Crippen molar-refractivity contribution in [3.63, 3.8) is 0 Å². The predicted molar refractivity (Wildman–Crippen MR) is 144 cm³/mol. The van der Waals surface area contributed by atoms with E-state index in [2.05, 4.69) is 5.32 Å². The molecule has 5 rings (SSSR count). The van der Waals surface area contributed by atoms with Crippen LogP contribution in [0.25, 0.3) is 11.1 Å². The molecule has 1 atom stereocenters. The monoisotopic (exact) mass is 532 g/mol.